The fraction of sp³-hybridized carbons (Fsp3) is 0.571. The minimum absolute atomic E-state index is 0.699. The second kappa shape index (κ2) is 3.34. The number of benzene rings is 1. The lowest BCUT2D eigenvalue weighted by Crippen LogP contribution is -2.40. The van der Waals surface area contributed by atoms with Gasteiger partial charge in [0.25, 0.3) is 0 Å². The Bertz CT molecular complexity index is 369. The average molecular weight is 201 g/mol. The van der Waals surface area contributed by atoms with Gasteiger partial charge in [-0.05, 0) is 50.3 Å². The van der Waals surface area contributed by atoms with Crippen molar-refractivity contribution in [1.82, 2.24) is 4.90 Å². The summed E-state index contributed by atoms with van der Waals surface area (Å²) in [7, 11) is 2.30. The van der Waals surface area contributed by atoms with E-state index in [1.165, 1.54) is 19.3 Å². The molecule has 0 saturated carbocycles. The SMILES string of the molecule is CC1CCC2Cc3ccccc3C2N1C. The quantitative estimate of drug-likeness (QED) is 0.623. The van der Waals surface area contributed by atoms with Crippen LogP contribution in [-0.2, 0) is 6.42 Å². The molecule has 1 aromatic rings. The Morgan fingerprint density at radius 3 is 2.87 bits per heavy atom. The lowest BCUT2D eigenvalue weighted by atomic mass is 9.87. The summed E-state index contributed by atoms with van der Waals surface area (Å²) in [6.07, 6.45) is 4.08. The van der Waals surface area contributed by atoms with Gasteiger partial charge in [0, 0.05) is 12.1 Å². The molecule has 0 radical (unpaired) electrons. The zero-order valence-electron chi connectivity index (χ0n) is 9.61. The van der Waals surface area contributed by atoms with Gasteiger partial charge in [-0.1, -0.05) is 24.3 Å². The molecule has 1 aliphatic heterocycles. The molecule has 80 valence electrons. The Hall–Kier alpha value is -0.820. The number of hydrogen-bond donors (Lipinski definition) is 0. The Balaban J connectivity index is 2.01. The summed E-state index contributed by atoms with van der Waals surface area (Å²) >= 11 is 0. The van der Waals surface area contributed by atoms with Crippen LogP contribution in [0.25, 0.3) is 0 Å². The maximum atomic E-state index is 2.58. The van der Waals surface area contributed by atoms with E-state index in [4.69, 9.17) is 0 Å². The number of piperidine rings is 1. The normalized spacial score (nSPS) is 34.9. The van der Waals surface area contributed by atoms with Crippen molar-refractivity contribution in [3.8, 4) is 0 Å². The van der Waals surface area contributed by atoms with Crippen LogP contribution < -0.4 is 0 Å². The minimum atomic E-state index is 0.699. The van der Waals surface area contributed by atoms with Crippen molar-refractivity contribution in [3.05, 3.63) is 35.4 Å². The van der Waals surface area contributed by atoms with Crippen molar-refractivity contribution in [2.24, 2.45) is 5.92 Å². The van der Waals surface area contributed by atoms with E-state index in [2.05, 4.69) is 43.1 Å². The molecule has 3 unspecified atom stereocenters. The molecular formula is C14H19N. The highest BCUT2D eigenvalue weighted by Gasteiger charge is 2.39. The topological polar surface area (TPSA) is 3.24 Å². The molecule has 1 nitrogen and oxygen atoms in total. The van der Waals surface area contributed by atoms with Gasteiger partial charge in [0.2, 0.25) is 0 Å². The maximum Gasteiger partial charge on any atom is 0.0381 e. The molecule has 1 aliphatic carbocycles. The third-order valence-corrected chi connectivity index (χ3v) is 4.39. The summed E-state index contributed by atoms with van der Waals surface area (Å²) in [4.78, 5) is 2.58. The van der Waals surface area contributed by atoms with Crippen LogP contribution in [0.3, 0.4) is 0 Å². The Kier molecular flexibility index (Phi) is 2.10. The largest absolute Gasteiger partial charge is 0.296 e. The zero-order valence-corrected chi connectivity index (χ0v) is 9.61. The van der Waals surface area contributed by atoms with E-state index in [-0.39, 0.29) is 0 Å². The molecular weight excluding hydrogens is 182 g/mol. The van der Waals surface area contributed by atoms with E-state index in [1.54, 1.807) is 11.1 Å². The number of hydrogen-bond acceptors (Lipinski definition) is 1. The van der Waals surface area contributed by atoms with Crippen LogP contribution in [0.1, 0.15) is 36.9 Å². The van der Waals surface area contributed by atoms with Crippen LogP contribution in [0.15, 0.2) is 24.3 Å². The first-order chi connectivity index (χ1) is 7.27. The average Bonchev–Trinajstić information content (AvgIpc) is 2.62. The van der Waals surface area contributed by atoms with Crippen molar-refractivity contribution in [2.45, 2.75) is 38.3 Å². The molecule has 15 heavy (non-hydrogen) atoms. The number of fused-ring (bicyclic) bond motifs is 3. The molecule has 0 aromatic heterocycles. The fourth-order valence-electron chi connectivity index (χ4n) is 3.40. The van der Waals surface area contributed by atoms with Crippen LogP contribution in [0.5, 0.6) is 0 Å². The van der Waals surface area contributed by atoms with E-state index in [0.717, 1.165) is 12.0 Å². The van der Waals surface area contributed by atoms with Gasteiger partial charge in [-0.25, -0.2) is 0 Å². The molecule has 3 atom stereocenters. The second-order valence-corrected chi connectivity index (χ2v) is 5.20. The monoisotopic (exact) mass is 201 g/mol. The predicted octanol–water partition coefficient (Wildman–Crippen LogP) is 3.01. The minimum Gasteiger partial charge on any atom is -0.296 e. The maximum absolute atomic E-state index is 2.58. The Morgan fingerprint density at radius 2 is 2.00 bits per heavy atom. The van der Waals surface area contributed by atoms with Gasteiger partial charge in [0.1, 0.15) is 0 Å². The molecule has 1 saturated heterocycles. The summed E-state index contributed by atoms with van der Waals surface area (Å²) in [5.74, 6) is 0.878. The number of rotatable bonds is 0. The van der Waals surface area contributed by atoms with E-state index < -0.39 is 0 Å². The number of likely N-dealkylation sites (tertiary alicyclic amines) is 1. The molecule has 1 aromatic carbocycles. The Morgan fingerprint density at radius 1 is 1.20 bits per heavy atom. The van der Waals surface area contributed by atoms with E-state index >= 15 is 0 Å². The standard InChI is InChI=1S/C14H19N/c1-10-7-8-12-9-11-5-3-4-6-13(11)14(12)15(10)2/h3-6,10,12,14H,7-9H2,1-2H3. The molecule has 1 fully saturated rings. The third kappa shape index (κ3) is 1.33. The van der Waals surface area contributed by atoms with Gasteiger partial charge >= 0.3 is 0 Å². The lowest BCUT2D eigenvalue weighted by Gasteiger charge is -2.40. The molecule has 0 spiro atoms. The first-order valence-corrected chi connectivity index (χ1v) is 6.07. The van der Waals surface area contributed by atoms with E-state index in [1.807, 2.05) is 0 Å². The highest BCUT2D eigenvalue weighted by Crippen LogP contribution is 2.45. The highest BCUT2D eigenvalue weighted by molar-refractivity contribution is 5.36. The van der Waals surface area contributed by atoms with Gasteiger partial charge in [0.05, 0.1) is 0 Å². The summed E-state index contributed by atoms with van der Waals surface area (Å²) < 4.78 is 0. The van der Waals surface area contributed by atoms with E-state index in [0.29, 0.717) is 6.04 Å². The number of nitrogens with zero attached hydrogens (tertiary/aromatic N) is 1. The van der Waals surface area contributed by atoms with Crippen molar-refractivity contribution >= 4 is 0 Å². The van der Waals surface area contributed by atoms with Gasteiger partial charge < -0.3 is 0 Å². The molecule has 0 amide bonds. The molecule has 3 rings (SSSR count). The third-order valence-electron chi connectivity index (χ3n) is 4.39. The van der Waals surface area contributed by atoms with Gasteiger partial charge in [-0.15, -0.1) is 0 Å². The Labute approximate surface area is 92.1 Å². The van der Waals surface area contributed by atoms with Gasteiger partial charge in [0.15, 0.2) is 0 Å². The molecule has 1 heterocycles. The lowest BCUT2D eigenvalue weighted by molar-refractivity contribution is 0.0841. The van der Waals surface area contributed by atoms with Gasteiger partial charge in [-0.3, -0.25) is 4.90 Å². The van der Waals surface area contributed by atoms with Crippen molar-refractivity contribution < 1.29 is 0 Å². The summed E-state index contributed by atoms with van der Waals surface area (Å²) in [5, 5.41) is 0. The van der Waals surface area contributed by atoms with Gasteiger partial charge in [-0.2, -0.15) is 0 Å². The second-order valence-electron chi connectivity index (χ2n) is 5.20. The van der Waals surface area contributed by atoms with E-state index in [9.17, 15) is 0 Å². The van der Waals surface area contributed by atoms with Crippen LogP contribution in [-0.4, -0.2) is 18.0 Å². The van der Waals surface area contributed by atoms with Crippen LogP contribution in [0, 0.1) is 5.92 Å². The molecule has 1 heteroatoms. The fourth-order valence-corrected chi connectivity index (χ4v) is 3.40. The van der Waals surface area contributed by atoms with Crippen LogP contribution in [0.2, 0.25) is 0 Å². The highest BCUT2D eigenvalue weighted by atomic mass is 15.2. The van der Waals surface area contributed by atoms with Crippen molar-refractivity contribution in [2.75, 3.05) is 7.05 Å². The first kappa shape index (κ1) is 9.41. The summed E-state index contributed by atoms with van der Waals surface area (Å²) in [6, 6.07) is 10.5. The van der Waals surface area contributed by atoms with Crippen molar-refractivity contribution in [1.29, 1.82) is 0 Å². The first-order valence-electron chi connectivity index (χ1n) is 6.07. The van der Waals surface area contributed by atoms with Crippen LogP contribution in [0.4, 0.5) is 0 Å². The summed E-state index contributed by atoms with van der Waals surface area (Å²) in [5.41, 5.74) is 3.19. The predicted molar refractivity (Wildman–Crippen MR) is 62.8 cm³/mol. The van der Waals surface area contributed by atoms with Crippen molar-refractivity contribution in [3.63, 3.8) is 0 Å². The molecule has 2 aliphatic rings. The molecule has 0 N–H and O–H groups in total. The summed E-state index contributed by atoms with van der Waals surface area (Å²) in [6.45, 7) is 2.36. The van der Waals surface area contributed by atoms with Crippen LogP contribution >= 0.6 is 0 Å². The smallest absolute Gasteiger partial charge is 0.0381 e. The zero-order chi connectivity index (χ0) is 10.4. The molecule has 0 bridgehead atoms.